The van der Waals surface area contributed by atoms with Crippen LogP contribution in [0.25, 0.3) is 11.3 Å². The van der Waals surface area contributed by atoms with E-state index in [9.17, 15) is 0 Å². The predicted molar refractivity (Wildman–Crippen MR) is 144 cm³/mol. The average molecular weight is 484 g/mol. The number of benzene rings is 2. The van der Waals surface area contributed by atoms with Crippen LogP contribution < -0.4 is 15.0 Å². The van der Waals surface area contributed by atoms with Crippen LogP contribution in [-0.2, 0) is 0 Å². The lowest BCUT2D eigenvalue weighted by molar-refractivity contribution is 0.340. The van der Waals surface area contributed by atoms with Crippen LogP contribution in [0.3, 0.4) is 0 Å². The van der Waals surface area contributed by atoms with E-state index in [0.717, 1.165) is 34.2 Å². The molecule has 5 rings (SSSR count). The quantitative estimate of drug-likeness (QED) is 0.285. The lowest BCUT2D eigenvalue weighted by atomic mass is 10.0. The van der Waals surface area contributed by atoms with E-state index >= 15 is 0 Å². The summed E-state index contributed by atoms with van der Waals surface area (Å²) in [6, 6.07) is 26.2. The molecule has 1 saturated heterocycles. The van der Waals surface area contributed by atoms with Crippen molar-refractivity contribution in [3.63, 3.8) is 0 Å². The van der Waals surface area contributed by atoms with Gasteiger partial charge in [0, 0.05) is 17.4 Å². The third-order valence-corrected chi connectivity index (χ3v) is 6.62. The third-order valence-electron chi connectivity index (χ3n) is 6.30. The minimum Gasteiger partial charge on any atom is -0.494 e. The maximum Gasteiger partial charge on any atom is 0.174 e. The number of nitrogens with one attached hydrogen (secondary N) is 1. The second-order valence-corrected chi connectivity index (χ2v) is 9.29. The maximum atomic E-state index is 6.46. The van der Waals surface area contributed by atoms with E-state index in [1.807, 2.05) is 67.7 Å². The van der Waals surface area contributed by atoms with Gasteiger partial charge in [0.25, 0.3) is 0 Å². The highest BCUT2D eigenvalue weighted by molar-refractivity contribution is 7.80. The Hall–Kier alpha value is -3.64. The molecule has 0 spiro atoms. The van der Waals surface area contributed by atoms with E-state index in [1.165, 1.54) is 5.56 Å². The van der Waals surface area contributed by atoms with Crippen LogP contribution in [0.15, 0.2) is 89.5 Å². The number of pyridine rings is 1. The minimum atomic E-state index is -0.182. The first-order chi connectivity index (χ1) is 17.0. The molecule has 6 heteroatoms. The Kier molecular flexibility index (Phi) is 6.55. The maximum absolute atomic E-state index is 6.46. The summed E-state index contributed by atoms with van der Waals surface area (Å²) in [5.74, 6) is 2.94. The number of anilines is 1. The standard InChI is InChI=1S/C29H29N3O2S/c1-4-33-23-14-10-21(11-15-23)25-16-17-26(34-25)28-27(24-7-5-6-18-30-24)31-29(35)32(28)22-12-8-20(9-13-22)19(2)3/h5-19,27-28H,4H2,1-3H3,(H,31,35)/t27-,28+/m1/s1. The Morgan fingerprint density at radius 2 is 1.77 bits per heavy atom. The molecule has 2 aromatic carbocycles. The van der Waals surface area contributed by atoms with Crippen molar-refractivity contribution in [1.82, 2.24) is 10.3 Å². The molecular formula is C29H29N3O2S. The Balaban J connectivity index is 1.53. The second kappa shape index (κ2) is 9.92. The molecule has 1 fully saturated rings. The zero-order chi connectivity index (χ0) is 24.4. The van der Waals surface area contributed by atoms with E-state index in [-0.39, 0.29) is 12.1 Å². The van der Waals surface area contributed by atoms with Crippen molar-refractivity contribution in [3.8, 4) is 17.1 Å². The molecule has 2 aromatic heterocycles. The van der Waals surface area contributed by atoms with Gasteiger partial charge >= 0.3 is 0 Å². The van der Waals surface area contributed by atoms with Crippen LogP contribution in [0.2, 0.25) is 0 Å². The van der Waals surface area contributed by atoms with Gasteiger partial charge in [0.05, 0.1) is 18.3 Å². The van der Waals surface area contributed by atoms with Crippen LogP contribution in [0.1, 0.15) is 55.8 Å². The summed E-state index contributed by atoms with van der Waals surface area (Å²) in [6.07, 6.45) is 1.81. The van der Waals surface area contributed by atoms with Crippen molar-refractivity contribution < 1.29 is 9.15 Å². The van der Waals surface area contributed by atoms with Crippen LogP contribution >= 0.6 is 12.2 Å². The van der Waals surface area contributed by atoms with Crippen molar-refractivity contribution in [1.29, 1.82) is 0 Å². The van der Waals surface area contributed by atoms with Gasteiger partial charge in [0.15, 0.2) is 5.11 Å². The van der Waals surface area contributed by atoms with E-state index < -0.39 is 0 Å². The molecule has 0 radical (unpaired) electrons. The Bertz CT molecular complexity index is 1280. The first-order valence-corrected chi connectivity index (χ1v) is 12.4. The molecule has 35 heavy (non-hydrogen) atoms. The molecule has 1 N–H and O–H groups in total. The molecule has 0 saturated carbocycles. The fourth-order valence-electron chi connectivity index (χ4n) is 4.49. The van der Waals surface area contributed by atoms with Crippen LogP contribution in [0, 0.1) is 0 Å². The second-order valence-electron chi connectivity index (χ2n) is 8.90. The van der Waals surface area contributed by atoms with E-state index in [2.05, 4.69) is 53.3 Å². The summed E-state index contributed by atoms with van der Waals surface area (Å²) in [5.41, 5.74) is 4.23. The number of ether oxygens (including phenoxy) is 1. The van der Waals surface area contributed by atoms with E-state index in [4.69, 9.17) is 21.4 Å². The fraction of sp³-hybridized carbons (Fsp3) is 0.241. The molecule has 1 aliphatic rings. The van der Waals surface area contributed by atoms with Crippen molar-refractivity contribution in [2.24, 2.45) is 0 Å². The molecule has 5 nitrogen and oxygen atoms in total. The highest BCUT2D eigenvalue weighted by Gasteiger charge is 2.42. The van der Waals surface area contributed by atoms with Gasteiger partial charge in [-0.15, -0.1) is 0 Å². The smallest absolute Gasteiger partial charge is 0.174 e. The molecule has 0 amide bonds. The van der Waals surface area contributed by atoms with Gasteiger partial charge < -0.3 is 19.4 Å². The lowest BCUT2D eigenvalue weighted by Crippen LogP contribution is -2.29. The summed E-state index contributed by atoms with van der Waals surface area (Å²) in [5, 5.41) is 4.15. The van der Waals surface area contributed by atoms with Gasteiger partial charge in [0.2, 0.25) is 0 Å². The normalized spacial score (nSPS) is 17.6. The number of thiocarbonyl (C=S) groups is 1. The molecule has 0 bridgehead atoms. The Morgan fingerprint density at radius 1 is 1.00 bits per heavy atom. The van der Waals surface area contributed by atoms with Crippen molar-refractivity contribution >= 4 is 23.0 Å². The minimum absolute atomic E-state index is 0.146. The Labute approximate surface area is 211 Å². The van der Waals surface area contributed by atoms with Gasteiger partial charge in [-0.25, -0.2) is 0 Å². The average Bonchev–Trinajstić information content (AvgIpc) is 3.50. The zero-order valence-corrected chi connectivity index (χ0v) is 21.0. The summed E-state index contributed by atoms with van der Waals surface area (Å²) in [7, 11) is 0. The summed E-state index contributed by atoms with van der Waals surface area (Å²) in [4.78, 5) is 6.76. The first kappa shape index (κ1) is 23.1. The highest BCUT2D eigenvalue weighted by Crippen LogP contribution is 2.43. The van der Waals surface area contributed by atoms with Gasteiger partial charge in [-0.05, 0) is 91.3 Å². The summed E-state index contributed by atoms with van der Waals surface area (Å²) in [6.45, 7) is 7.01. The molecule has 0 unspecified atom stereocenters. The van der Waals surface area contributed by atoms with E-state index in [1.54, 1.807) is 0 Å². The van der Waals surface area contributed by atoms with Crippen LogP contribution in [-0.4, -0.2) is 16.7 Å². The van der Waals surface area contributed by atoms with Crippen molar-refractivity contribution in [3.05, 3.63) is 102 Å². The molecule has 1 aliphatic heterocycles. The van der Waals surface area contributed by atoms with Gasteiger partial charge in [0.1, 0.15) is 23.3 Å². The SMILES string of the molecule is CCOc1ccc(-c2ccc([C@H]3[C@@H](c4ccccn4)NC(=S)N3c3ccc(C(C)C)cc3)o2)cc1. The monoisotopic (exact) mass is 483 g/mol. The number of rotatable bonds is 7. The topological polar surface area (TPSA) is 50.5 Å². The van der Waals surface area contributed by atoms with E-state index in [0.29, 0.717) is 17.6 Å². The summed E-state index contributed by atoms with van der Waals surface area (Å²) < 4.78 is 12.0. The lowest BCUT2D eigenvalue weighted by Gasteiger charge is -2.26. The third kappa shape index (κ3) is 4.66. The molecule has 4 aromatic rings. The van der Waals surface area contributed by atoms with Crippen molar-refractivity contribution in [2.45, 2.75) is 38.8 Å². The van der Waals surface area contributed by atoms with Crippen LogP contribution in [0.4, 0.5) is 5.69 Å². The van der Waals surface area contributed by atoms with Gasteiger partial charge in [-0.2, -0.15) is 0 Å². The number of furan rings is 1. The first-order valence-electron chi connectivity index (χ1n) is 12.0. The van der Waals surface area contributed by atoms with Crippen molar-refractivity contribution in [2.75, 3.05) is 11.5 Å². The molecular weight excluding hydrogens is 454 g/mol. The highest BCUT2D eigenvalue weighted by atomic mass is 32.1. The number of hydrogen-bond acceptors (Lipinski definition) is 4. The number of aromatic nitrogens is 1. The molecule has 0 aliphatic carbocycles. The number of hydrogen-bond donors (Lipinski definition) is 1. The van der Waals surface area contributed by atoms with Gasteiger partial charge in [-0.1, -0.05) is 32.0 Å². The van der Waals surface area contributed by atoms with Crippen LogP contribution in [0.5, 0.6) is 5.75 Å². The van der Waals surface area contributed by atoms with Gasteiger partial charge in [-0.3, -0.25) is 4.98 Å². The zero-order valence-electron chi connectivity index (χ0n) is 20.1. The largest absolute Gasteiger partial charge is 0.494 e. The molecule has 3 heterocycles. The molecule has 2 atom stereocenters. The summed E-state index contributed by atoms with van der Waals surface area (Å²) >= 11 is 5.83. The fourth-order valence-corrected chi connectivity index (χ4v) is 4.84. The molecule has 178 valence electrons. The predicted octanol–water partition coefficient (Wildman–Crippen LogP) is 7.04. The number of nitrogens with zero attached hydrogens (tertiary/aromatic N) is 2. The Morgan fingerprint density at radius 3 is 2.43 bits per heavy atom.